The molecule has 0 aliphatic heterocycles. The minimum Gasteiger partial charge on any atom is -0.271 e. The maximum atomic E-state index is 13.2. The van der Waals surface area contributed by atoms with Crippen molar-refractivity contribution in [2.45, 2.75) is 25.8 Å². The molecule has 106 valence electrons. The molecule has 0 aliphatic rings. The van der Waals surface area contributed by atoms with Crippen LogP contribution in [0, 0.1) is 11.6 Å². The molecule has 1 atom stereocenters. The van der Waals surface area contributed by atoms with Crippen LogP contribution in [-0.4, -0.2) is 4.98 Å². The van der Waals surface area contributed by atoms with Crippen LogP contribution in [0.3, 0.4) is 0 Å². The van der Waals surface area contributed by atoms with E-state index >= 15 is 0 Å². The summed E-state index contributed by atoms with van der Waals surface area (Å²) < 4.78 is 26.4. The van der Waals surface area contributed by atoms with Crippen molar-refractivity contribution < 1.29 is 8.78 Å². The van der Waals surface area contributed by atoms with Crippen molar-refractivity contribution >= 4 is 0 Å². The molecule has 0 saturated heterocycles. The van der Waals surface area contributed by atoms with Crippen molar-refractivity contribution in [3.8, 4) is 0 Å². The van der Waals surface area contributed by atoms with Crippen LogP contribution in [0.1, 0.15) is 29.8 Å². The quantitative estimate of drug-likeness (QED) is 0.652. The van der Waals surface area contributed by atoms with E-state index in [0.717, 1.165) is 23.7 Å². The predicted octanol–water partition coefficient (Wildman–Crippen LogP) is 2.67. The van der Waals surface area contributed by atoms with Crippen LogP contribution in [0.2, 0.25) is 0 Å². The second kappa shape index (κ2) is 6.54. The molecule has 0 saturated carbocycles. The lowest BCUT2D eigenvalue weighted by molar-refractivity contribution is 0.525. The Morgan fingerprint density at radius 3 is 2.55 bits per heavy atom. The van der Waals surface area contributed by atoms with E-state index in [0.29, 0.717) is 12.0 Å². The van der Waals surface area contributed by atoms with E-state index in [2.05, 4.69) is 10.4 Å². The third-order valence-electron chi connectivity index (χ3n) is 3.20. The van der Waals surface area contributed by atoms with Gasteiger partial charge in [0, 0.05) is 12.3 Å². The average Bonchev–Trinajstić information content (AvgIpc) is 2.43. The van der Waals surface area contributed by atoms with E-state index in [1.54, 1.807) is 6.20 Å². The van der Waals surface area contributed by atoms with Gasteiger partial charge < -0.3 is 0 Å². The fourth-order valence-corrected chi connectivity index (χ4v) is 2.26. The molecule has 0 bridgehead atoms. The van der Waals surface area contributed by atoms with Crippen molar-refractivity contribution in [1.29, 1.82) is 0 Å². The molecule has 0 fully saturated rings. The third kappa shape index (κ3) is 3.37. The molecule has 0 amide bonds. The zero-order chi connectivity index (χ0) is 14.5. The number of rotatable bonds is 5. The SMILES string of the molecule is CCc1cccnc1C(Cc1cc(F)cc(F)c1)NN. The molecule has 1 aromatic heterocycles. The molecular formula is C15H17F2N3. The maximum absolute atomic E-state index is 13.2. The first-order chi connectivity index (χ1) is 9.63. The highest BCUT2D eigenvalue weighted by molar-refractivity contribution is 5.26. The maximum Gasteiger partial charge on any atom is 0.126 e. The van der Waals surface area contributed by atoms with E-state index < -0.39 is 11.6 Å². The zero-order valence-corrected chi connectivity index (χ0v) is 11.2. The number of hydrazine groups is 1. The van der Waals surface area contributed by atoms with Gasteiger partial charge in [-0.1, -0.05) is 13.0 Å². The summed E-state index contributed by atoms with van der Waals surface area (Å²) in [5.74, 6) is 4.39. The lowest BCUT2D eigenvalue weighted by Gasteiger charge is -2.18. The highest BCUT2D eigenvalue weighted by atomic mass is 19.1. The lowest BCUT2D eigenvalue weighted by Crippen LogP contribution is -2.31. The fraction of sp³-hybridized carbons (Fsp3) is 0.267. The molecule has 2 rings (SSSR count). The number of hydrogen-bond donors (Lipinski definition) is 2. The Bertz CT molecular complexity index is 567. The summed E-state index contributed by atoms with van der Waals surface area (Å²) in [6.45, 7) is 2.02. The summed E-state index contributed by atoms with van der Waals surface area (Å²) in [7, 11) is 0. The predicted molar refractivity (Wildman–Crippen MR) is 73.7 cm³/mol. The minimum atomic E-state index is -0.590. The van der Waals surface area contributed by atoms with Gasteiger partial charge >= 0.3 is 0 Å². The van der Waals surface area contributed by atoms with Gasteiger partial charge in [0.15, 0.2) is 0 Å². The van der Waals surface area contributed by atoms with Gasteiger partial charge in [-0.2, -0.15) is 0 Å². The number of aromatic nitrogens is 1. The summed E-state index contributed by atoms with van der Waals surface area (Å²) in [5.41, 5.74) is 5.08. The van der Waals surface area contributed by atoms with Gasteiger partial charge in [-0.05, 0) is 42.2 Å². The standard InChI is InChI=1S/C15H17F2N3/c1-2-11-4-3-5-19-15(11)14(20-18)8-10-6-12(16)9-13(17)7-10/h3-7,9,14,20H,2,8,18H2,1H3. The molecule has 5 heteroatoms. The molecule has 20 heavy (non-hydrogen) atoms. The van der Waals surface area contributed by atoms with E-state index in [4.69, 9.17) is 5.84 Å². The molecule has 1 unspecified atom stereocenters. The average molecular weight is 277 g/mol. The Balaban J connectivity index is 2.28. The lowest BCUT2D eigenvalue weighted by atomic mass is 9.98. The first kappa shape index (κ1) is 14.6. The van der Waals surface area contributed by atoms with Crippen molar-refractivity contribution in [1.82, 2.24) is 10.4 Å². The number of aryl methyl sites for hydroxylation is 1. The van der Waals surface area contributed by atoms with Crippen molar-refractivity contribution in [3.05, 3.63) is 65.0 Å². The zero-order valence-electron chi connectivity index (χ0n) is 11.2. The molecule has 2 aromatic rings. The summed E-state index contributed by atoms with van der Waals surface area (Å²) in [6.07, 6.45) is 2.87. The largest absolute Gasteiger partial charge is 0.271 e. The highest BCUT2D eigenvalue weighted by Gasteiger charge is 2.16. The van der Waals surface area contributed by atoms with E-state index in [-0.39, 0.29) is 6.04 Å². The van der Waals surface area contributed by atoms with E-state index in [1.807, 2.05) is 19.1 Å². The van der Waals surface area contributed by atoms with Gasteiger partial charge in [0.2, 0.25) is 0 Å². The Hall–Kier alpha value is -1.85. The Kier molecular flexibility index (Phi) is 4.76. The van der Waals surface area contributed by atoms with Crippen LogP contribution in [-0.2, 0) is 12.8 Å². The van der Waals surface area contributed by atoms with E-state index in [1.165, 1.54) is 12.1 Å². The van der Waals surface area contributed by atoms with E-state index in [9.17, 15) is 8.78 Å². The second-order valence-electron chi connectivity index (χ2n) is 4.60. The van der Waals surface area contributed by atoms with Crippen LogP contribution in [0.25, 0.3) is 0 Å². The number of pyridine rings is 1. The Morgan fingerprint density at radius 1 is 1.25 bits per heavy atom. The summed E-state index contributed by atoms with van der Waals surface area (Å²) >= 11 is 0. The highest BCUT2D eigenvalue weighted by Crippen LogP contribution is 2.21. The Morgan fingerprint density at radius 2 is 1.95 bits per heavy atom. The van der Waals surface area contributed by atoms with Crippen LogP contribution < -0.4 is 11.3 Å². The molecule has 3 nitrogen and oxygen atoms in total. The topological polar surface area (TPSA) is 50.9 Å². The molecule has 3 N–H and O–H groups in total. The molecule has 0 spiro atoms. The molecule has 1 aromatic carbocycles. The minimum absolute atomic E-state index is 0.285. The monoisotopic (exact) mass is 277 g/mol. The normalized spacial score (nSPS) is 12.4. The number of hydrogen-bond acceptors (Lipinski definition) is 3. The number of nitrogens with one attached hydrogen (secondary N) is 1. The van der Waals surface area contributed by atoms with Gasteiger partial charge in [0.1, 0.15) is 11.6 Å². The summed E-state index contributed by atoms with van der Waals surface area (Å²) in [5, 5.41) is 0. The number of nitrogens with zero attached hydrogens (tertiary/aromatic N) is 1. The van der Waals surface area contributed by atoms with Gasteiger partial charge in [-0.15, -0.1) is 0 Å². The van der Waals surface area contributed by atoms with Crippen LogP contribution in [0.15, 0.2) is 36.5 Å². The summed E-state index contributed by atoms with van der Waals surface area (Å²) in [4.78, 5) is 4.33. The number of halogens is 2. The first-order valence-electron chi connectivity index (χ1n) is 6.49. The van der Waals surface area contributed by atoms with Crippen LogP contribution >= 0.6 is 0 Å². The first-order valence-corrected chi connectivity index (χ1v) is 6.49. The molecule has 1 heterocycles. The van der Waals surface area contributed by atoms with Crippen LogP contribution in [0.4, 0.5) is 8.78 Å². The van der Waals surface area contributed by atoms with Gasteiger partial charge in [-0.3, -0.25) is 16.3 Å². The van der Waals surface area contributed by atoms with Crippen molar-refractivity contribution in [3.63, 3.8) is 0 Å². The molecule has 0 radical (unpaired) electrons. The van der Waals surface area contributed by atoms with Crippen molar-refractivity contribution in [2.75, 3.05) is 0 Å². The number of benzene rings is 1. The van der Waals surface area contributed by atoms with Crippen LogP contribution in [0.5, 0.6) is 0 Å². The smallest absolute Gasteiger partial charge is 0.126 e. The summed E-state index contributed by atoms with van der Waals surface area (Å²) in [6, 6.07) is 7.01. The van der Waals surface area contributed by atoms with Gasteiger partial charge in [0.05, 0.1) is 11.7 Å². The van der Waals surface area contributed by atoms with Gasteiger partial charge in [0.25, 0.3) is 0 Å². The Labute approximate surface area is 116 Å². The fourth-order valence-electron chi connectivity index (χ4n) is 2.26. The third-order valence-corrected chi connectivity index (χ3v) is 3.20. The number of nitrogens with two attached hydrogens (primary N) is 1. The molecular weight excluding hydrogens is 260 g/mol. The second-order valence-corrected chi connectivity index (χ2v) is 4.60. The van der Waals surface area contributed by atoms with Gasteiger partial charge in [-0.25, -0.2) is 8.78 Å². The molecule has 0 aliphatic carbocycles. The van der Waals surface area contributed by atoms with Crippen molar-refractivity contribution in [2.24, 2.45) is 5.84 Å².